The summed E-state index contributed by atoms with van der Waals surface area (Å²) in [5, 5.41) is 2.26. The number of alkyl halides is 3. The largest absolute Gasteiger partial charge is 0.416 e. The standard InChI is InChI=1S/C25H23F3N4O2S/c26-25(27,28)20-13-18(17-4-2-1-3-5-17)12-19(14-20)23(33)32-15-21(16-32)30-7-9-31(10-8-30)24(34)22-29-6-11-35-22/h1-6,11-14,21H,7-10,15-16H2. The Morgan fingerprint density at radius 1 is 0.886 bits per heavy atom. The maximum Gasteiger partial charge on any atom is 0.416 e. The molecule has 2 amide bonds. The summed E-state index contributed by atoms with van der Waals surface area (Å²) in [6.45, 7) is 3.44. The van der Waals surface area contributed by atoms with Crippen molar-refractivity contribution >= 4 is 23.2 Å². The normalized spacial score (nSPS) is 17.3. The van der Waals surface area contributed by atoms with E-state index in [0.29, 0.717) is 55.4 Å². The number of likely N-dealkylation sites (tertiary alicyclic amines) is 1. The van der Waals surface area contributed by atoms with Gasteiger partial charge in [-0.15, -0.1) is 11.3 Å². The molecule has 35 heavy (non-hydrogen) atoms. The zero-order chi connectivity index (χ0) is 24.6. The van der Waals surface area contributed by atoms with Crippen LogP contribution >= 0.6 is 11.3 Å². The lowest BCUT2D eigenvalue weighted by atomic mass is 9.97. The number of thiazole rings is 1. The van der Waals surface area contributed by atoms with Crippen molar-refractivity contribution in [3.8, 4) is 11.1 Å². The molecule has 2 saturated heterocycles. The summed E-state index contributed by atoms with van der Waals surface area (Å²) in [5.74, 6) is -0.467. The first-order chi connectivity index (χ1) is 16.8. The lowest BCUT2D eigenvalue weighted by Crippen LogP contribution is -2.64. The van der Waals surface area contributed by atoms with Gasteiger partial charge in [0.1, 0.15) is 0 Å². The van der Waals surface area contributed by atoms with Gasteiger partial charge in [0.15, 0.2) is 5.01 Å². The molecule has 5 rings (SSSR count). The Bertz CT molecular complexity index is 1200. The molecule has 0 N–H and O–H groups in total. The molecule has 1 aromatic heterocycles. The van der Waals surface area contributed by atoms with Crippen LogP contribution in [0.1, 0.15) is 25.7 Å². The Hall–Kier alpha value is -3.24. The summed E-state index contributed by atoms with van der Waals surface area (Å²) in [5.41, 5.74) is 0.192. The van der Waals surface area contributed by atoms with Crippen LogP contribution in [0.4, 0.5) is 13.2 Å². The monoisotopic (exact) mass is 500 g/mol. The number of benzene rings is 2. The Kier molecular flexibility index (Phi) is 6.33. The van der Waals surface area contributed by atoms with E-state index in [0.717, 1.165) is 12.1 Å². The van der Waals surface area contributed by atoms with Crippen LogP contribution in [0.2, 0.25) is 0 Å². The lowest BCUT2D eigenvalue weighted by molar-refractivity contribution is -0.137. The number of hydrogen-bond donors (Lipinski definition) is 0. The Morgan fingerprint density at radius 3 is 2.23 bits per heavy atom. The van der Waals surface area contributed by atoms with Crippen LogP contribution in [0.5, 0.6) is 0 Å². The van der Waals surface area contributed by atoms with Crippen molar-refractivity contribution in [2.75, 3.05) is 39.3 Å². The zero-order valence-electron chi connectivity index (χ0n) is 18.7. The van der Waals surface area contributed by atoms with Crippen LogP contribution in [0, 0.1) is 0 Å². The van der Waals surface area contributed by atoms with Crippen LogP contribution < -0.4 is 0 Å². The molecule has 182 valence electrons. The molecule has 0 unspecified atom stereocenters. The highest BCUT2D eigenvalue weighted by atomic mass is 32.1. The van der Waals surface area contributed by atoms with Gasteiger partial charge in [0.05, 0.1) is 5.56 Å². The van der Waals surface area contributed by atoms with E-state index in [2.05, 4.69) is 9.88 Å². The van der Waals surface area contributed by atoms with E-state index in [1.165, 1.54) is 17.4 Å². The Balaban J connectivity index is 1.23. The van der Waals surface area contributed by atoms with E-state index in [4.69, 9.17) is 0 Å². The van der Waals surface area contributed by atoms with Gasteiger partial charge in [0.25, 0.3) is 11.8 Å². The van der Waals surface area contributed by atoms with Gasteiger partial charge < -0.3 is 9.80 Å². The predicted molar refractivity (Wildman–Crippen MR) is 126 cm³/mol. The topological polar surface area (TPSA) is 56.8 Å². The molecular weight excluding hydrogens is 477 g/mol. The average molecular weight is 501 g/mol. The molecule has 2 aliphatic rings. The number of nitrogens with zero attached hydrogens (tertiary/aromatic N) is 4. The summed E-state index contributed by atoms with van der Waals surface area (Å²) in [7, 11) is 0. The highest BCUT2D eigenvalue weighted by Gasteiger charge is 2.38. The number of carbonyl (C=O) groups is 2. The molecule has 0 radical (unpaired) electrons. The summed E-state index contributed by atoms with van der Waals surface area (Å²) >= 11 is 1.32. The molecule has 0 aliphatic carbocycles. The third-order valence-corrected chi connectivity index (χ3v) is 7.26. The quantitative estimate of drug-likeness (QED) is 0.541. The smallest absolute Gasteiger partial charge is 0.335 e. The number of piperazine rings is 1. The van der Waals surface area contributed by atoms with E-state index in [9.17, 15) is 22.8 Å². The first-order valence-corrected chi connectivity index (χ1v) is 12.2. The fourth-order valence-electron chi connectivity index (χ4n) is 4.50. The summed E-state index contributed by atoms with van der Waals surface area (Å²) in [6.07, 6.45) is -2.94. The first kappa shape index (κ1) is 23.5. The van der Waals surface area contributed by atoms with Gasteiger partial charge in [0.2, 0.25) is 0 Å². The maximum absolute atomic E-state index is 13.5. The van der Waals surface area contributed by atoms with Crippen molar-refractivity contribution < 1.29 is 22.8 Å². The van der Waals surface area contributed by atoms with Crippen LogP contribution in [0.25, 0.3) is 11.1 Å². The summed E-state index contributed by atoms with van der Waals surface area (Å²) in [4.78, 5) is 35.2. The molecule has 2 aromatic carbocycles. The van der Waals surface area contributed by atoms with Crippen molar-refractivity contribution in [3.05, 3.63) is 76.2 Å². The number of halogens is 3. The van der Waals surface area contributed by atoms with Crippen molar-refractivity contribution in [2.45, 2.75) is 12.2 Å². The SMILES string of the molecule is O=C(c1cc(-c2ccccc2)cc(C(F)(F)F)c1)N1CC(N2CCN(C(=O)c3nccs3)CC2)C1. The van der Waals surface area contributed by atoms with Crippen LogP contribution in [-0.4, -0.2) is 76.8 Å². The van der Waals surface area contributed by atoms with Gasteiger partial charge in [-0.25, -0.2) is 4.98 Å². The van der Waals surface area contributed by atoms with Crippen LogP contribution in [0.3, 0.4) is 0 Å². The predicted octanol–water partition coefficient (Wildman–Crippen LogP) is 4.11. The minimum atomic E-state index is -4.55. The minimum absolute atomic E-state index is 0.0380. The molecule has 3 aromatic rings. The van der Waals surface area contributed by atoms with Gasteiger partial charge in [-0.3, -0.25) is 14.5 Å². The van der Waals surface area contributed by atoms with E-state index in [-0.39, 0.29) is 17.5 Å². The average Bonchev–Trinajstić information content (AvgIpc) is 3.38. The van der Waals surface area contributed by atoms with Crippen molar-refractivity contribution in [1.82, 2.24) is 19.7 Å². The molecule has 2 fully saturated rings. The van der Waals surface area contributed by atoms with Crippen LogP contribution in [0.15, 0.2) is 60.1 Å². The van der Waals surface area contributed by atoms with Crippen molar-refractivity contribution in [1.29, 1.82) is 0 Å². The second-order valence-corrected chi connectivity index (χ2v) is 9.59. The molecule has 10 heteroatoms. The molecule has 2 aliphatic heterocycles. The number of aromatic nitrogens is 1. The summed E-state index contributed by atoms with van der Waals surface area (Å²) in [6, 6.07) is 12.4. The highest BCUT2D eigenvalue weighted by molar-refractivity contribution is 7.11. The van der Waals surface area contributed by atoms with Gasteiger partial charge in [0, 0.05) is 62.5 Å². The van der Waals surface area contributed by atoms with E-state index in [1.807, 2.05) is 0 Å². The Labute approximate surface area is 204 Å². The maximum atomic E-state index is 13.5. The third-order valence-electron chi connectivity index (χ3n) is 6.50. The van der Waals surface area contributed by atoms with Crippen LogP contribution in [-0.2, 0) is 6.18 Å². The van der Waals surface area contributed by atoms with Gasteiger partial charge in [-0.2, -0.15) is 13.2 Å². The fraction of sp³-hybridized carbons (Fsp3) is 0.320. The van der Waals surface area contributed by atoms with Crippen molar-refractivity contribution in [2.24, 2.45) is 0 Å². The first-order valence-electron chi connectivity index (χ1n) is 11.3. The molecule has 0 spiro atoms. The van der Waals surface area contributed by atoms with Gasteiger partial charge >= 0.3 is 6.18 Å². The summed E-state index contributed by atoms with van der Waals surface area (Å²) < 4.78 is 40.6. The lowest BCUT2D eigenvalue weighted by Gasteiger charge is -2.48. The van der Waals surface area contributed by atoms with Gasteiger partial charge in [-0.05, 0) is 29.3 Å². The van der Waals surface area contributed by atoms with Crippen molar-refractivity contribution in [3.63, 3.8) is 0 Å². The third kappa shape index (κ3) is 4.94. The molecule has 0 bridgehead atoms. The van der Waals surface area contributed by atoms with E-state index >= 15 is 0 Å². The second-order valence-electron chi connectivity index (χ2n) is 8.69. The molecule has 3 heterocycles. The number of carbonyl (C=O) groups excluding carboxylic acids is 2. The number of hydrogen-bond acceptors (Lipinski definition) is 5. The van der Waals surface area contributed by atoms with E-state index in [1.54, 1.807) is 51.7 Å². The molecule has 0 atom stereocenters. The van der Waals surface area contributed by atoms with Gasteiger partial charge in [-0.1, -0.05) is 30.3 Å². The molecular formula is C25H23F3N4O2S. The second kappa shape index (κ2) is 9.43. The molecule has 0 saturated carbocycles. The Morgan fingerprint density at radius 2 is 1.60 bits per heavy atom. The molecule has 6 nitrogen and oxygen atoms in total. The van der Waals surface area contributed by atoms with E-state index < -0.39 is 17.6 Å². The number of amides is 2. The highest BCUT2D eigenvalue weighted by Crippen LogP contribution is 2.34. The minimum Gasteiger partial charge on any atom is -0.335 e. The fourth-order valence-corrected chi connectivity index (χ4v) is 5.10. The number of rotatable bonds is 4. The zero-order valence-corrected chi connectivity index (χ0v) is 19.6.